The molecule has 1 aliphatic rings. The molecule has 2 aromatic heterocycles. The second-order valence-electron chi connectivity index (χ2n) is 4.80. The van der Waals surface area contributed by atoms with E-state index in [0.29, 0.717) is 0 Å². The minimum absolute atomic E-state index is 0.725. The molecule has 2 aromatic rings. The highest BCUT2D eigenvalue weighted by Crippen LogP contribution is 2.20. The van der Waals surface area contributed by atoms with E-state index in [1.54, 1.807) is 5.57 Å². The zero-order valence-corrected chi connectivity index (χ0v) is 10.7. The summed E-state index contributed by atoms with van der Waals surface area (Å²) in [6.45, 7) is 2.95. The molecule has 1 N–H and O–H groups in total. The van der Waals surface area contributed by atoms with Crippen LogP contribution >= 0.6 is 0 Å². The lowest BCUT2D eigenvalue weighted by Gasteiger charge is -2.02. The molecule has 0 radical (unpaired) electrons. The molecular weight excluding hydrogens is 224 g/mol. The van der Waals surface area contributed by atoms with Crippen LogP contribution in [0.2, 0.25) is 0 Å². The molecule has 94 valence electrons. The van der Waals surface area contributed by atoms with Gasteiger partial charge in [0.2, 0.25) is 5.95 Å². The van der Waals surface area contributed by atoms with Crippen molar-refractivity contribution in [3.8, 4) is 0 Å². The van der Waals surface area contributed by atoms with Gasteiger partial charge >= 0.3 is 0 Å². The Morgan fingerprint density at radius 2 is 2.33 bits per heavy atom. The first kappa shape index (κ1) is 11.3. The molecule has 0 spiro atoms. The van der Waals surface area contributed by atoms with E-state index < -0.39 is 0 Å². The van der Waals surface area contributed by atoms with Gasteiger partial charge in [0, 0.05) is 12.2 Å². The largest absolute Gasteiger partial charge is 0.353 e. The average Bonchev–Trinajstić information content (AvgIpc) is 2.98. The fourth-order valence-corrected chi connectivity index (χ4v) is 2.41. The van der Waals surface area contributed by atoms with Gasteiger partial charge in [-0.25, -0.2) is 4.52 Å². The quantitative estimate of drug-likeness (QED) is 0.838. The highest BCUT2D eigenvalue weighted by Gasteiger charge is 2.06. The lowest BCUT2D eigenvalue weighted by atomic mass is 10.2. The van der Waals surface area contributed by atoms with Crippen LogP contribution in [0.1, 0.15) is 31.4 Å². The molecule has 4 heteroatoms. The minimum Gasteiger partial charge on any atom is -0.353 e. The Bertz CT molecular complexity index is 582. The number of fused-ring (bicyclic) bond motifs is 1. The van der Waals surface area contributed by atoms with Crippen LogP contribution in [0.25, 0.3) is 5.65 Å². The maximum Gasteiger partial charge on any atom is 0.243 e. The van der Waals surface area contributed by atoms with Crippen molar-refractivity contribution >= 4 is 11.6 Å². The first-order valence-electron chi connectivity index (χ1n) is 6.57. The van der Waals surface area contributed by atoms with Crippen molar-refractivity contribution in [2.75, 3.05) is 11.9 Å². The van der Waals surface area contributed by atoms with Crippen molar-refractivity contribution in [2.24, 2.45) is 0 Å². The van der Waals surface area contributed by atoms with Crippen molar-refractivity contribution in [2.45, 2.75) is 32.6 Å². The van der Waals surface area contributed by atoms with Crippen molar-refractivity contribution in [1.29, 1.82) is 0 Å². The molecular formula is C14H18N4. The second-order valence-corrected chi connectivity index (χ2v) is 4.80. The summed E-state index contributed by atoms with van der Waals surface area (Å²) in [6.07, 6.45) is 7.30. The fraction of sp³-hybridized carbons (Fsp3) is 0.429. The Labute approximate surface area is 107 Å². The van der Waals surface area contributed by atoms with E-state index >= 15 is 0 Å². The number of nitrogens with zero attached hydrogens (tertiary/aromatic N) is 3. The second kappa shape index (κ2) is 4.80. The van der Waals surface area contributed by atoms with Crippen LogP contribution in [-0.2, 0) is 0 Å². The van der Waals surface area contributed by atoms with E-state index in [2.05, 4.69) is 21.5 Å². The van der Waals surface area contributed by atoms with E-state index in [0.717, 1.165) is 30.3 Å². The molecule has 0 saturated carbocycles. The lowest BCUT2D eigenvalue weighted by Crippen LogP contribution is -2.04. The van der Waals surface area contributed by atoms with Crippen LogP contribution in [-0.4, -0.2) is 21.1 Å². The number of hydrogen-bond donors (Lipinski definition) is 1. The Kier molecular flexibility index (Phi) is 3.00. The van der Waals surface area contributed by atoms with Gasteiger partial charge in [0.25, 0.3) is 0 Å². The topological polar surface area (TPSA) is 42.2 Å². The number of allylic oxidation sites excluding steroid dienone is 1. The molecule has 4 nitrogen and oxygen atoms in total. The van der Waals surface area contributed by atoms with Crippen LogP contribution in [0.5, 0.6) is 0 Å². The van der Waals surface area contributed by atoms with E-state index in [1.807, 2.05) is 29.6 Å². The number of anilines is 1. The Morgan fingerprint density at radius 1 is 1.39 bits per heavy atom. The summed E-state index contributed by atoms with van der Waals surface area (Å²) in [5.41, 5.74) is 3.58. The third-order valence-corrected chi connectivity index (χ3v) is 3.41. The average molecular weight is 242 g/mol. The van der Waals surface area contributed by atoms with Crippen LogP contribution in [0, 0.1) is 6.92 Å². The van der Waals surface area contributed by atoms with Gasteiger partial charge < -0.3 is 5.32 Å². The van der Waals surface area contributed by atoms with Gasteiger partial charge in [-0.3, -0.25) is 0 Å². The monoisotopic (exact) mass is 242 g/mol. The predicted octanol–water partition coefficient (Wildman–Crippen LogP) is 2.95. The zero-order valence-electron chi connectivity index (χ0n) is 10.7. The molecule has 0 fully saturated rings. The summed E-state index contributed by atoms with van der Waals surface area (Å²) in [6, 6.07) is 6.02. The van der Waals surface area contributed by atoms with Crippen LogP contribution in [0.4, 0.5) is 5.95 Å². The summed E-state index contributed by atoms with van der Waals surface area (Å²) in [5.74, 6) is 0.725. The van der Waals surface area contributed by atoms with Crippen molar-refractivity contribution in [3.05, 3.63) is 35.5 Å². The first-order chi connectivity index (χ1) is 8.83. The number of aryl methyl sites for hydroxylation is 1. The molecule has 0 aliphatic heterocycles. The highest BCUT2D eigenvalue weighted by molar-refractivity contribution is 5.44. The Morgan fingerprint density at radius 3 is 3.11 bits per heavy atom. The lowest BCUT2D eigenvalue weighted by molar-refractivity contribution is 0.855. The van der Waals surface area contributed by atoms with Crippen molar-refractivity contribution < 1.29 is 0 Å². The third-order valence-electron chi connectivity index (χ3n) is 3.41. The molecule has 0 atom stereocenters. The molecule has 0 aromatic carbocycles. The van der Waals surface area contributed by atoms with Gasteiger partial charge in [-0.1, -0.05) is 17.7 Å². The number of hydrogen-bond acceptors (Lipinski definition) is 3. The smallest absolute Gasteiger partial charge is 0.243 e. The number of rotatable bonds is 4. The maximum atomic E-state index is 4.46. The van der Waals surface area contributed by atoms with Crippen molar-refractivity contribution in [1.82, 2.24) is 14.6 Å². The summed E-state index contributed by atoms with van der Waals surface area (Å²) in [5, 5.41) is 7.76. The molecule has 0 bridgehead atoms. The molecule has 2 heterocycles. The van der Waals surface area contributed by atoms with Gasteiger partial charge in [0.1, 0.15) is 0 Å². The molecule has 0 amide bonds. The van der Waals surface area contributed by atoms with E-state index in [-0.39, 0.29) is 0 Å². The maximum absolute atomic E-state index is 4.46. The molecule has 0 saturated heterocycles. The van der Waals surface area contributed by atoms with E-state index in [1.165, 1.54) is 19.3 Å². The summed E-state index contributed by atoms with van der Waals surface area (Å²) in [4.78, 5) is 4.46. The SMILES string of the molecule is Cc1cccc2nc(NCCC3=CCCC3)nn12. The molecule has 3 rings (SSSR count). The molecule has 0 unspecified atom stereocenters. The normalized spacial score (nSPS) is 15.1. The van der Waals surface area contributed by atoms with Gasteiger partial charge in [-0.2, -0.15) is 4.98 Å². The van der Waals surface area contributed by atoms with E-state index in [9.17, 15) is 0 Å². The zero-order chi connectivity index (χ0) is 12.4. The van der Waals surface area contributed by atoms with Gasteiger partial charge in [-0.05, 0) is 44.7 Å². The van der Waals surface area contributed by atoms with Crippen LogP contribution in [0.3, 0.4) is 0 Å². The Hall–Kier alpha value is -1.84. The Balaban J connectivity index is 1.65. The number of pyridine rings is 1. The molecule has 18 heavy (non-hydrogen) atoms. The summed E-state index contributed by atoms with van der Waals surface area (Å²) >= 11 is 0. The fourth-order valence-electron chi connectivity index (χ4n) is 2.41. The number of nitrogens with one attached hydrogen (secondary N) is 1. The number of aromatic nitrogens is 3. The highest BCUT2D eigenvalue weighted by atomic mass is 15.3. The predicted molar refractivity (Wildman–Crippen MR) is 72.8 cm³/mol. The summed E-state index contributed by atoms with van der Waals surface area (Å²) < 4.78 is 1.87. The van der Waals surface area contributed by atoms with Crippen LogP contribution < -0.4 is 5.32 Å². The standard InChI is InChI=1S/C14H18N4/c1-11-5-4-8-13-16-14(17-18(11)13)15-10-9-12-6-2-3-7-12/h4-6,8H,2-3,7,9-10H2,1H3,(H,15,17). The van der Waals surface area contributed by atoms with Gasteiger partial charge in [0.15, 0.2) is 5.65 Å². The van der Waals surface area contributed by atoms with E-state index in [4.69, 9.17) is 0 Å². The summed E-state index contributed by atoms with van der Waals surface area (Å²) in [7, 11) is 0. The third kappa shape index (κ3) is 2.23. The minimum atomic E-state index is 0.725. The molecule has 1 aliphatic carbocycles. The van der Waals surface area contributed by atoms with Crippen LogP contribution in [0.15, 0.2) is 29.8 Å². The van der Waals surface area contributed by atoms with Gasteiger partial charge in [0.05, 0.1) is 0 Å². The van der Waals surface area contributed by atoms with Gasteiger partial charge in [-0.15, -0.1) is 5.10 Å². The van der Waals surface area contributed by atoms with Crippen molar-refractivity contribution in [3.63, 3.8) is 0 Å². The first-order valence-corrected chi connectivity index (χ1v) is 6.57.